The van der Waals surface area contributed by atoms with Crippen LogP contribution in [0.1, 0.15) is 0 Å². The molecule has 4 nitrogen and oxygen atoms in total. The molecule has 17 heavy (non-hydrogen) atoms. The van der Waals surface area contributed by atoms with Gasteiger partial charge in [-0.05, 0) is 6.07 Å². The molecule has 0 N–H and O–H groups in total. The number of hydrogen-bond donors (Lipinski definition) is 0. The van der Waals surface area contributed by atoms with E-state index in [1.54, 1.807) is 17.1 Å². The Kier molecular flexibility index (Phi) is 2.38. The zero-order valence-electron chi connectivity index (χ0n) is 9.06. The first kappa shape index (κ1) is 9.72. The van der Waals surface area contributed by atoms with E-state index < -0.39 is 0 Å². The van der Waals surface area contributed by atoms with Gasteiger partial charge in [-0.3, -0.25) is 0 Å². The van der Waals surface area contributed by atoms with Crippen LogP contribution in [0.5, 0.6) is 0 Å². The summed E-state index contributed by atoms with van der Waals surface area (Å²) < 4.78 is 1.72. The van der Waals surface area contributed by atoms with Crippen LogP contribution in [-0.2, 0) is 0 Å². The maximum absolute atomic E-state index is 4.47. The zero-order chi connectivity index (χ0) is 11.5. The fraction of sp³-hybridized carbons (Fsp3) is 0. The molecule has 0 saturated heterocycles. The van der Waals surface area contributed by atoms with Gasteiger partial charge in [-0.2, -0.15) is 5.10 Å². The summed E-state index contributed by atoms with van der Waals surface area (Å²) in [5.41, 5.74) is 1.00. The molecule has 0 radical (unpaired) electrons. The van der Waals surface area contributed by atoms with Crippen LogP contribution in [0.2, 0.25) is 0 Å². The highest BCUT2D eigenvalue weighted by molar-refractivity contribution is 5.55. The smallest absolute Gasteiger partial charge is 0.161 e. The first-order chi connectivity index (χ1) is 8.43. The third-order valence-corrected chi connectivity index (χ3v) is 2.41. The molecule has 3 rings (SSSR count). The number of aromatic nitrogens is 4. The van der Waals surface area contributed by atoms with Crippen molar-refractivity contribution in [1.82, 2.24) is 19.7 Å². The molecule has 4 heteroatoms. The van der Waals surface area contributed by atoms with E-state index >= 15 is 0 Å². The van der Waals surface area contributed by atoms with Crippen LogP contribution < -0.4 is 0 Å². The molecule has 0 fully saturated rings. The van der Waals surface area contributed by atoms with Crippen molar-refractivity contribution in [3.8, 4) is 17.2 Å². The molecule has 0 aliphatic carbocycles. The fourth-order valence-electron chi connectivity index (χ4n) is 1.61. The lowest BCUT2D eigenvalue weighted by atomic mass is 10.2. The third kappa shape index (κ3) is 1.92. The van der Waals surface area contributed by atoms with Crippen LogP contribution in [0.15, 0.2) is 61.1 Å². The van der Waals surface area contributed by atoms with E-state index in [9.17, 15) is 0 Å². The van der Waals surface area contributed by atoms with Crippen molar-refractivity contribution >= 4 is 0 Å². The summed E-state index contributed by atoms with van der Waals surface area (Å²) in [7, 11) is 0. The molecular weight excluding hydrogens is 212 g/mol. The van der Waals surface area contributed by atoms with Gasteiger partial charge in [0.05, 0.1) is 0 Å². The molecule has 0 atom stereocenters. The number of rotatable bonds is 2. The number of nitrogens with zero attached hydrogens (tertiary/aromatic N) is 4. The minimum atomic E-state index is 0.707. The Balaban J connectivity index is 2.06. The van der Waals surface area contributed by atoms with E-state index in [0.717, 1.165) is 11.4 Å². The average Bonchev–Trinajstić information content (AvgIpc) is 2.94. The minimum Gasteiger partial charge on any atom is -0.236 e. The highest BCUT2D eigenvalue weighted by Crippen LogP contribution is 2.14. The summed E-state index contributed by atoms with van der Waals surface area (Å²) in [5, 5.41) is 4.15. The third-order valence-electron chi connectivity index (χ3n) is 2.41. The predicted molar refractivity (Wildman–Crippen MR) is 64.6 cm³/mol. The summed E-state index contributed by atoms with van der Waals surface area (Å²) >= 11 is 0. The molecule has 82 valence electrons. The lowest BCUT2D eigenvalue weighted by Gasteiger charge is -2.03. The Morgan fingerprint density at radius 1 is 0.882 bits per heavy atom. The highest BCUT2D eigenvalue weighted by Gasteiger charge is 2.03. The van der Waals surface area contributed by atoms with Gasteiger partial charge in [0.1, 0.15) is 0 Å². The molecular formula is C13H10N4. The SMILES string of the molecule is c1ccc(-c2nccc(-n3cccn3)n2)cc1. The number of hydrogen-bond acceptors (Lipinski definition) is 3. The van der Waals surface area contributed by atoms with E-state index in [2.05, 4.69) is 15.1 Å². The maximum atomic E-state index is 4.47. The topological polar surface area (TPSA) is 43.6 Å². The van der Waals surface area contributed by atoms with Crippen molar-refractivity contribution in [2.24, 2.45) is 0 Å². The molecule has 0 saturated carbocycles. The van der Waals surface area contributed by atoms with Gasteiger partial charge in [-0.15, -0.1) is 0 Å². The molecule has 3 aromatic rings. The molecule has 0 bridgehead atoms. The molecule has 0 amide bonds. The molecule has 0 aliphatic rings. The lowest BCUT2D eigenvalue weighted by Crippen LogP contribution is -2.00. The Labute approximate surface area is 98.6 Å². The molecule has 0 aliphatic heterocycles. The second-order valence-electron chi connectivity index (χ2n) is 3.56. The van der Waals surface area contributed by atoms with Gasteiger partial charge in [0.25, 0.3) is 0 Å². The van der Waals surface area contributed by atoms with Crippen molar-refractivity contribution < 1.29 is 0 Å². The van der Waals surface area contributed by atoms with Gasteiger partial charge in [0, 0.05) is 30.2 Å². The lowest BCUT2D eigenvalue weighted by molar-refractivity contribution is 0.841. The average molecular weight is 222 g/mol. The zero-order valence-corrected chi connectivity index (χ0v) is 9.06. The van der Waals surface area contributed by atoms with E-state index in [-0.39, 0.29) is 0 Å². The van der Waals surface area contributed by atoms with E-state index in [1.807, 2.05) is 48.7 Å². The highest BCUT2D eigenvalue weighted by atomic mass is 15.3. The standard InChI is InChI=1S/C13H10N4/c1-2-5-11(6-3-1)13-14-9-7-12(16-13)17-10-4-8-15-17/h1-10H. The van der Waals surface area contributed by atoms with Crippen LogP contribution in [-0.4, -0.2) is 19.7 Å². The van der Waals surface area contributed by atoms with Gasteiger partial charge in [0.2, 0.25) is 0 Å². The maximum Gasteiger partial charge on any atom is 0.161 e. The summed E-state index contributed by atoms with van der Waals surface area (Å²) in [5.74, 6) is 1.47. The van der Waals surface area contributed by atoms with Crippen molar-refractivity contribution in [3.63, 3.8) is 0 Å². The van der Waals surface area contributed by atoms with Gasteiger partial charge in [-0.1, -0.05) is 30.3 Å². The Bertz CT molecular complexity index is 602. The number of benzene rings is 1. The minimum absolute atomic E-state index is 0.707. The van der Waals surface area contributed by atoms with Crippen molar-refractivity contribution in [2.45, 2.75) is 0 Å². The Hall–Kier alpha value is -2.49. The monoisotopic (exact) mass is 222 g/mol. The van der Waals surface area contributed by atoms with Crippen molar-refractivity contribution in [3.05, 3.63) is 61.1 Å². The molecule has 2 heterocycles. The molecule has 0 unspecified atom stereocenters. The summed E-state index contributed by atoms with van der Waals surface area (Å²) in [6, 6.07) is 13.6. The van der Waals surface area contributed by atoms with Crippen molar-refractivity contribution in [1.29, 1.82) is 0 Å². The summed E-state index contributed by atoms with van der Waals surface area (Å²) in [4.78, 5) is 8.74. The summed E-state index contributed by atoms with van der Waals surface area (Å²) in [6.07, 6.45) is 5.33. The van der Waals surface area contributed by atoms with Gasteiger partial charge >= 0.3 is 0 Å². The first-order valence-corrected chi connectivity index (χ1v) is 5.32. The first-order valence-electron chi connectivity index (χ1n) is 5.32. The second kappa shape index (κ2) is 4.17. The molecule has 0 spiro atoms. The van der Waals surface area contributed by atoms with Crippen LogP contribution in [0, 0.1) is 0 Å². The summed E-state index contributed by atoms with van der Waals surface area (Å²) in [6.45, 7) is 0. The largest absolute Gasteiger partial charge is 0.236 e. The van der Waals surface area contributed by atoms with E-state index in [1.165, 1.54) is 0 Å². The Morgan fingerprint density at radius 2 is 1.76 bits per heavy atom. The van der Waals surface area contributed by atoms with Crippen LogP contribution in [0.3, 0.4) is 0 Å². The fourth-order valence-corrected chi connectivity index (χ4v) is 1.61. The van der Waals surface area contributed by atoms with Crippen LogP contribution in [0.4, 0.5) is 0 Å². The van der Waals surface area contributed by atoms with Crippen LogP contribution in [0.25, 0.3) is 17.2 Å². The second-order valence-corrected chi connectivity index (χ2v) is 3.56. The van der Waals surface area contributed by atoms with Crippen molar-refractivity contribution in [2.75, 3.05) is 0 Å². The van der Waals surface area contributed by atoms with Gasteiger partial charge < -0.3 is 0 Å². The van der Waals surface area contributed by atoms with Gasteiger partial charge in [0.15, 0.2) is 11.6 Å². The van der Waals surface area contributed by atoms with Crippen LogP contribution >= 0.6 is 0 Å². The molecule has 2 aromatic heterocycles. The Morgan fingerprint density at radius 3 is 2.53 bits per heavy atom. The van der Waals surface area contributed by atoms with E-state index in [4.69, 9.17) is 0 Å². The normalized spacial score (nSPS) is 10.4. The van der Waals surface area contributed by atoms with Gasteiger partial charge in [-0.25, -0.2) is 14.6 Å². The predicted octanol–water partition coefficient (Wildman–Crippen LogP) is 2.33. The van der Waals surface area contributed by atoms with E-state index in [0.29, 0.717) is 5.82 Å². The molecule has 1 aromatic carbocycles. The quantitative estimate of drug-likeness (QED) is 0.668.